The highest BCUT2D eigenvalue weighted by Gasteiger charge is 2.20. The predicted molar refractivity (Wildman–Crippen MR) is 133 cm³/mol. The summed E-state index contributed by atoms with van der Waals surface area (Å²) >= 11 is 0. The van der Waals surface area contributed by atoms with E-state index in [-0.39, 0.29) is 29.8 Å². The highest BCUT2D eigenvalue weighted by Crippen LogP contribution is 2.18. The van der Waals surface area contributed by atoms with Gasteiger partial charge in [0.25, 0.3) is 0 Å². The van der Waals surface area contributed by atoms with E-state index in [0.29, 0.717) is 6.04 Å². The third kappa shape index (κ3) is 7.74. The zero-order chi connectivity index (χ0) is 20.5. The van der Waals surface area contributed by atoms with Crippen LogP contribution in [0.5, 0.6) is 0 Å². The van der Waals surface area contributed by atoms with E-state index < -0.39 is 0 Å². The molecule has 1 aromatic carbocycles. The molecular formula is C23H33FIN5. The molecule has 5 nitrogen and oxygen atoms in total. The van der Waals surface area contributed by atoms with E-state index in [4.69, 9.17) is 4.99 Å². The number of pyridine rings is 1. The summed E-state index contributed by atoms with van der Waals surface area (Å²) in [7, 11) is 0. The monoisotopic (exact) mass is 525 g/mol. The highest BCUT2D eigenvalue weighted by molar-refractivity contribution is 14.0. The van der Waals surface area contributed by atoms with Crippen LogP contribution < -0.4 is 15.5 Å². The molecule has 0 atom stereocenters. The largest absolute Gasteiger partial charge is 0.357 e. The number of aryl methyl sites for hydroxylation is 2. The first-order valence-corrected chi connectivity index (χ1v) is 10.6. The van der Waals surface area contributed by atoms with Gasteiger partial charge in [-0.15, -0.1) is 24.0 Å². The number of nitrogens with one attached hydrogen (secondary N) is 2. The fourth-order valence-electron chi connectivity index (χ4n) is 3.58. The van der Waals surface area contributed by atoms with Gasteiger partial charge in [-0.25, -0.2) is 9.37 Å². The van der Waals surface area contributed by atoms with Gasteiger partial charge in [0.15, 0.2) is 5.96 Å². The minimum absolute atomic E-state index is 0. The third-order valence-corrected chi connectivity index (χ3v) is 5.18. The number of halogens is 2. The molecule has 1 fully saturated rings. The van der Waals surface area contributed by atoms with Crippen LogP contribution in [0.3, 0.4) is 0 Å². The molecule has 1 aliphatic heterocycles. The van der Waals surface area contributed by atoms with Gasteiger partial charge < -0.3 is 15.5 Å². The number of piperidine rings is 1. The molecule has 0 bridgehead atoms. The van der Waals surface area contributed by atoms with E-state index in [2.05, 4.69) is 46.5 Å². The molecule has 0 saturated carbocycles. The standard InChI is InChI=1S/C23H32FN5.HI/c1-3-25-23(26-13-5-7-19-6-4-8-20(24)16-19)28-21-11-14-29(15-12-21)22-10-9-18(2)17-27-22;/h4,6,8-10,16-17,21H,3,5,7,11-15H2,1-2H3,(H2,25,26,28);1H. The summed E-state index contributed by atoms with van der Waals surface area (Å²) in [6.07, 6.45) is 5.78. The Balaban J connectivity index is 0.00000320. The highest BCUT2D eigenvalue weighted by atomic mass is 127. The number of hydrogen-bond donors (Lipinski definition) is 2. The van der Waals surface area contributed by atoms with Crippen molar-refractivity contribution < 1.29 is 4.39 Å². The van der Waals surface area contributed by atoms with Crippen molar-refractivity contribution >= 4 is 35.8 Å². The van der Waals surface area contributed by atoms with Gasteiger partial charge in [-0.3, -0.25) is 4.99 Å². The fourth-order valence-corrected chi connectivity index (χ4v) is 3.58. The predicted octanol–water partition coefficient (Wildman–Crippen LogP) is 4.30. The maximum absolute atomic E-state index is 13.3. The summed E-state index contributed by atoms with van der Waals surface area (Å²) in [5.74, 6) is 1.76. The summed E-state index contributed by atoms with van der Waals surface area (Å²) in [6.45, 7) is 7.68. The molecule has 2 heterocycles. The van der Waals surface area contributed by atoms with Crippen molar-refractivity contribution in [3.05, 3.63) is 59.5 Å². The number of rotatable bonds is 7. The number of benzene rings is 1. The minimum Gasteiger partial charge on any atom is -0.357 e. The van der Waals surface area contributed by atoms with Crippen molar-refractivity contribution in [1.29, 1.82) is 0 Å². The fraction of sp³-hybridized carbons (Fsp3) is 0.478. The first kappa shape index (κ1) is 24.4. The molecule has 30 heavy (non-hydrogen) atoms. The second kappa shape index (κ2) is 12.7. The van der Waals surface area contributed by atoms with Crippen molar-refractivity contribution in [3.8, 4) is 0 Å². The summed E-state index contributed by atoms with van der Waals surface area (Å²) in [4.78, 5) is 11.6. The Morgan fingerprint density at radius 3 is 2.70 bits per heavy atom. The zero-order valence-electron chi connectivity index (χ0n) is 17.9. The number of aliphatic imine (C=N–C) groups is 1. The normalized spacial score (nSPS) is 14.9. The van der Waals surface area contributed by atoms with Gasteiger partial charge in [-0.2, -0.15) is 0 Å². The molecule has 0 spiro atoms. The second-order valence-electron chi connectivity index (χ2n) is 7.59. The lowest BCUT2D eigenvalue weighted by molar-refractivity contribution is 0.459. The molecule has 1 aliphatic rings. The van der Waals surface area contributed by atoms with Crippen LogP contribution >= 0.6 is 24.0 Å². The van der Waals surface area contributed by atoms with Crippen LogP contribution in [-0.4, -0.2) is 43.2 Å². The topological polar surface area (TPSA) is 52.6 Å². The molecule has 0 amide bonds. The lowest BCUT2D eigenvalue weighted by Gasteiger charge is -2.33. The van der Waals surface area contributed by atoms with Crippen LogP contribution in [0.2, 0.25) is 0 Å². The molecule has 1 aromatic heterocycles. The van der Waals surface area contributed by atoms with Gasteiger partial charge in [0.2, 0.25) is 0 Å². The van der Waals surface area contributed by atoms with Crippen LogP contribution in [0.1, 0.15) is 37.3 Å². The van der Waals surface area contributed by atoms with E-state index in [1.165, 1.54) is 11.6 Å². The van der Waals surface area contributed by atoms with E-state index >= 15 is 0 Å². The molecule has 0 unspecified atom stereocenters. The zero-order valence-corrected chi connectivity index (χ0v) is 20.2. The molecule has 7 heteroatoms. The number of nitrogens with zero attached hydrogens (tertiary/aromatic N) is 3. The number of anilines is 1. The number of aromatic nitrogens is 1. The Morgan fingerprint density at radius 2 is 2.03 bits per heavy atom. The maximum atomic E-state index is 13.3. The summed E-state index contributed by atoms with van der Waals surface area (Å²) in [5, 5.41) is 6.92. The first-order valence-electron chi connectivity index (χ1n) is 10.6. The Bertz CT molecular complexity index is 788. The number of hydrogen-bond acceptors (Lipinski definition) is 3. The van der Waals surface area contributed by atoms with Crippen LogP contribution in [-0.2, 0) is 6.42 Å². The minimum atomic E-state index is -0.173. The molecule has 2 aromatic rings. The van der Waals surface area contributed by atoms with Gasteiger partial charge in [0.05, 0.1) is 0 Å². The van der Waals surface area contributed by atoms with Crippen molar-refractivity contribution in [3.63, 3.8) is 0 Å². The van der Waals surface area contributed by atoms with Crippen molar-refractivity contribution in [2.75, 3.05) is 31.1 Å². The average Bonchev–Trinajstić information content (AvgIpc) is 2.73. The van der Waals surface area contributed by atoms with Crippen molar-refractivity contribution in [2.24, 2.45) is 4.99 Å². The van der Waals surface area contributed by atoms with Gasteiger partial charge in [-0.1, -0.05) is 18.2 Å². The van der Waals surface area contributed by atoms with E-state index in [0.717, 1.165) is 69.2 Å². The van der Waals surface area contributed by atoms with Crippen LogP contribution in [0.15, 0.2) is 47.6 Å². The lowest BCUT2D eigenvalue weighted by atomic mass is 10.1. The summed E-state index contributed by atoms with van der Waals surface area (Å²) in [5.41, 5.74) is 2.21. The third-order valence-electron chi connectivity index (χ3n) is 5.18. The smallest absolute Gasteiger partial charge is 0.191 e. The van der Waals surface area contributed by atoms with E-state index in [9.17, 15) is 4.39 Å². The number of guanidine groups is 1. The quantitative estimate of drug-likeness (QED) is 0.245. The summed E-state index contributed by atoms with van der Waals surface area (Å²) in [6, 6.07) is 11.4. The Kier molecular flexibility index (Phi) is 10.3. The van der Waals surface area contributed by atoms with E-state index in [1.807, 2.05) is 12.3 Å². The van der Waals surface area contributed by atoms with Gasteiger partial charge in [0, 0.05) is 38.4 Å². The Morgan fingerprint density at radius 1 is 1.23 bits per heavy atom. The average molecular weight is 525 g/mol. The van der Waals surface area contributed by atoms with Gasteiger partial charge in [-0.05, 0) is 68.9 Å². The van der Waals surface area contributed by atoms with Crippen LogP contribution in [0.4, 0.5) is 10.2 Å². The Labute approximate surface area is 196 Å². The van der Waals surface area contributed by atoms with E-state index in [1.54, 1.807) is 12.1 Å². The lowest BCUT2D eigenvalue weighted by Crippen LogP contribution is -2.49. The van der Waals surface area contributed by atoms with Crippen molar-refractivity contribution in [1.82, 2.24) is 15.6 Å². The molecule has 0 aliphatic carbocycles. The second-order valence-corrected chi connectivity index (χ2v) is 7.59. The Hall–Kier alpha value is -1.90. The molecule has 3 rings (SSSR count). The van der Waals surface area contributed by atoms with Gasteiger partial charge >= 0.3 is 0 Å². The maximum Gasteiger partial charge on any atom is 0.191 e. The first-order chi connectivity index (χ1) is 14.1. The summed E-state index contributed by atoms with van der Waals surface area (Å²) < 4.78 is 13.3. The van der Waals surface area contributed by atoms with Gasteiger partial charge in [0.1, 0.15) is 11.6 Å². The molecule has 164 valence electrons. The SMILES string of the molecule is CCNC(=NCCCc1cccc(F)c1)NC1CCN(c2ccc(C)cn2)CC1.I. The molecule has 2 N–H and O–H groups in total. The molecule has 1 saturated heterocycles. The van der Waals surface area contributed by atoms with Crippen LogP contribution in [0.25, 0.3) is 0 Å². The van der Waals surface area contributed by atoms with Crippen molar-refractivity contribution in [2.45, 2.75) is 45.6 Å². The molecule has 0 radical (unpaired) electrons. The molecular weight excluding hydrogens is 492 g/mol. The van der Waals surface area contributed by atoms with Crippen LogP contribution in [0, 0.1) is 12.7 Å².